The third kappa shape index (κ3) is 5.38. The van der Waals surface area contributed by atoms with Crippen molar-refractivity contribution in [2.24, 2.45) is 47.3 Å². The molecule has 10 fully saturated rings. The molecule has 6 aliphatic heterocycles. The number of carbonyl (C=O) groups excluding carboxylic acids is 1. The number of carbonyl (C=O) groups is 1. The molecule has 1 amide bonds. The topological polar surface area (TPSA) is 93.7 Å². The monoisotopic (exact) mass is 711 g/mol. The van der Waals surface area contributed by atoms with Gasteiger partial charge in [-0.1, -0.05) is 33.8 Å². The lowest BCUT2D eigenvalue weighted by Gasteiger charge is -2.62. The van der Waals surface area contributed by atoms with Crippen LogP contribution in [-0.2, 0) is 33.8 Å². The Hall–Kier alpha value is -1.82. The molecule has 11 rings (SSSR count). The fourth-order valence-corrected chi connectivity index (χ4v) is 13.1. The predicted octanol–water partition coefficient (Wildman–Crippen LogP) is 8.55. The minimum Gasteiger partial charge on any atom is -0.443 e. The average Bonchev–Trinajstić information content (AvgIpc) is 3.46. The van der Waals surface area contributed by atoms with Crippen molar-refractivity contribution < 1.29 is 42.9 Å². The van der Waals surface area contributed by atoms with Gasteiger partial charge in [-0.25, -0.2) is 28.7 Å². The smallest absolute Gasteiger partial charge is 0.411 e. The van der Waals surface area contributed by atoms with Crippen LogP contribution in [0.25, 0.3) is 0 Å². The molecule has 6 heterocycles. The molecule has 282 valence electrons. The molecule has 10 aliphatic rings. The maximum atomic E-state index is 14.1. The van der Waals surface area contributed by atoms with Crippen molar-refractivity contribution >= 4 is 11.8 Å². The third-order valence-corrected chi connectivity index (χ3v) is 15.7. The van der Waals surface area contributed by atoms with Crippen molar-refractivity contribution in [1.82, 2.24) is 0 Å². The van der Waals surface area contributed by atoms with E-state index in [1.807, 2.05) is 0 Å². The number of anilines is 1. The van der Waals surface area contributed by atoms with Crippen molar-refractivity contribution in [2.45, 2.75) is 165 Å². The zero-order valence-electron chi connectivity index (χ0n) is 31.2. The van der Waals surface area contributed by atoms with Crippen LogP contribution in [-0.4, -0.2) is 59.0 Å². The van der Waals surface area contributed by atoms with Gasteiger partial charge in [0.2, 0.25) is 0 Å². The summed E-state index contributed by atoms with van der Waals surface area (Å²) in [6, 6.07) is 5.91. The highest BCUT2D eigenvalue weighted by Crippen LogP contribution is 2.64. The molecule has 0 radical (unpaired) electrons. The number of hydrogen-bond acceptors (Lipinski definition) is 8. The first-order valence-corrected chi connectivity index (χ1v) is 20.1. The van der Waals surface area contributed by atoms with Gasteiger partial charge in [0.1, 0.15) is 34.3 Å². The van der Waals surface area contributed by atoms with E-state index >= 15 is 0 Å². The molecule has 0 aromatic heterocycles. The Kier molecular flexibility index (Phi) is 8.46. The molecular formula is C41H58FNO8. The summed E-state index contributed by atoms with van der Waals surface area (Å²) in [4.78, 5) is 39.4. The van der Waals surface area contributed by atoms with E-state index in [1.54, 1.807) is 12.1 Å². The second-order valence-electron chi connectivity index (χ2n) is 18.7. The van der Waals surface area contributed by atoms with Crippen LogP contribution >= 0.6 is 0 Å². The summed E-state index contributed by atoms with van der Waals surface area (Å²) in [5.41, 5.74) is -1.43. The minimum absolute atomic E-state index is 0.0314. The molecule has 4 saturated carbocycles. The van der Waals surface area contributed by atoms with Gasteiger partial charge >= 0.3 is 6.09 Å². The fourth-order valence-electron chi connectivity index (χ4n) is 13.1. The van der Waals surface area contributed by atoms with Gasteiger partial charge in [0.15, 0.2) is 0 Å². The predicted molar refractivity (Wildman–Crippen MR) is 186 cm³/mol. The van der Waals surface area contributed by atoms with Gasteiger partial charge in [0.25, 0.3) is 0 Å². The molecule has 2 spiro atoms. The summed E-state index contributed by atoms with van der Waals surface area (Å²) >= 11 is 0. The number of halogens is 1. The largest absolute Gasteiger partial charge is 0.443 e. The van der Waals surface area contributed by atoms with E-state index in [4.69, 9.17) is 33.8 Å². The highest BCUT2D eigenvalue weighted by Gasteiger charge is 2.70. The third-order valence-electron chi connectivity index (χ3n) is 15.7. The number of fused-ring (bicyclic) bond motifs is 4. The molecule has 4 bridgehead atoms. The second kappa shape index (κ2) is 12.4. The van der Waals surface area contributed by atoms with E-state index in [0.717, 1.165) is 64.2 Å². The molecule has 9 nitrogen and oxygen atoms in total. The molecule has 51 heavy (non-hydrogen) atoms. The molecule has 1 aromatic carbocycles. The standard InChI is InChI=1S/C41H58FNO8/c1-22-10-12-30-24(3)32(45-34-20-38(5)16-14-28(22)40(30,34)50-48-38)19-33(46-37(44)43-27-9-7-8-26(42)18-27)36-25(4)31-13-11-23(2)29-15-17-39(6)21-35(47-36)41(29,31)51-49-39/h7-9,18,22-25,28-36H,10-17,19-21H2,1-6H3,(H,43,44)/t22-,23-,24-,25-,28+,29+,30+,31+,32-,33+,34-,35-,36?,38-,39-,40-,41-/m1/s1. The highest BCUT2D eigenvalue weighted by molar-refractivity contribution is 5.84. The number of benzene rings is 1. The van der Waals surface area contributed by atoms with E-state index in [1.165, 1.54) is 12.1 Å². The Bertz CT molecular complexity index is 1510. The summed E-state index contributed by atoms with van der Waals surface area (Å²) in [5, 5.41) is 2.80. The zero-order valence-corrected chi connectivity index (χ0v) is 31.2. The van der Waals surface area contributed by atoms with Gasteiger partial charge < -0.3 is 14.2 Å². The Morgan fingerprint density at radius 2 is 1.39 bits per heavy atom. The SMILES string of the molecule is C[C@H]1[C@@H](C[C@H](OC(=O)Nc2cccc(F)c2)C2O[C@@H]3C[C@@]4(C)CC[C@H]5[C@H](C)CC[C@@H]([C@H]2C)[C@@]35OO4)O[C@@H]2C[C@@]3(C)CC[C@H]4[C@H](C)CC[C@@H]1[C@@]24OO3. The summed E-state index contributed by atoms with van der Waals surface area (Å²) in [7, 11) is 0. The van der Waals surface area contributed by atoms with Crippen LogP contribution in [0.1, 0.15) is 112 Å². The number of ether oxygens (including phenoxy) is 3. The van der Waals surface area contributed by atoms with Crippen LogP contribution in [0.2, 0.25) is 0 Å². The Labute approximate surface area is 302 Å². The van der Waals surface area contributed by atoms with Crippen LogP contribution < -0.4 is 5.32 Å². The van der Waals surface area contributed by atoms with Crippen LogP contribution in [0, 0.1) is 53.2 Å². The second-order valence-corrected chi connectivity index (χ2v) is 18.7. The van der Waals surface area contributed by atoms with E-state index in [0.29, 0.717) is 35.8 Å². The van der Waals surface area contributed by atoms with Gasteiger partial charge in [-0.2, -0.15) is 0 Å². The number of nitrogens with one attached hydrogen (secondary N) is 1. The first kappa shape index (κ1) is 34.9. The van der Waals surface area contributed by atoms with Crippen LogP contribution in [0.5, 0.6) is 0 Å². The van der Waals surface area contributed by atoms with Crippen LogP contribution in [0.4, 0.5) is 14.9 Å². The normalized spacial score (nSPS) is 51.7. The molecule has 1 N–H and O–H groups in total. The molecule has 6 saturated heterocycles. The minimum atomic E-state index is -0.616. The highest BCUT2D eigenvalue weighted by atomic mass is 19.1. The zero-order chi connectivity index (χ0) is 35.5. The summed E-state index contributed by atoms with van der Waals surface area (Å²) in [6.45, 7) is 13.6. The maximum Gasteiger partial charge on any atom is 0.411 e. The fraction of sp³-hybridized carbons (Fsp3) is 0.829. The summed E-state index contributed by atoms with van der Waals surface area (Å²) < 4.78 is 35.1. The molecule has 1 aromatic rings. The lowest BCUT2D eigenvalue weighted by atomic mass is 9.55. The first-order chi connectivity index (χ1) is 24.3. The lowest BCUT2D eigenvalue weighted by molar-refractivity contribution is -0.491. The molecule has 17 atom stereocenters. The quantitative estimate of drug-likeness (QED) is 0.304. The van der Waals surface area contributed by atoms with Crippen molar-refractivity contribution in [1.29, 1.82) is 0 Å². The van der Waals surface area contributed by atoms with Gasteiger partial charge in [-0.3, -0.25) is 5.32 Å². The number of rotatable bonds is 5. The number of amides is 1. The van der Waals surface area contributed by atoms with Crippen molar-refractivity contribution in [3.05, 3.63) is 30.1 Å². The summed E-state index contributed by atoms with van der Waals surface area (Å²) in [6.07, 6.45) is 8.38. The van der Waals surface area contributed by atoms with E-state index in [9.17, 15) is 9.18 Å². The molecule has 1 unspecified atom stereocenters. The van der Waals surface area contributed by atoms with Crippen LogP contribution in [0.15, 0.2) is 24.3 Å². The number of hydrogen-bond donors (Lipinski definition) is 1. The van der Waals surface area contributed by atoms with Crippen molar-refractivity contribution in [3.63, 3.8) is 0 Å². The van der Waals surface area contributed by atoms with Gasteiger partial charge in [-0.15, -0.1) is 0 Å². The van der Waals surface area contributed by atoms with E-state index in [-0.39, 0.29) is 53.7 Å². The first-order valence-electron chi connectivity index (χ1n) is 20.1. The van der Waals surface area contributed by atoms with Gasteiger partial charge in [-0.05, 0) is 131 Å². The Morgan fingerprint density at radius 3 is 2.00 bits per heavy atom. The maximum absolute atomic E-state index is 14.1. The van der Waals surface area contributed by atoms with Crippen molar-refractivity contribution in [3.8, 4) is 0 Å². The average molecular weight is 712 g/mol. The van der Waals surface area contributed by atoms with E-state index < -0.39 is 34.8 Å². The Morgan fingerprint density at radius 1 is 0.804 bits per heavy atom. The molecular weight excluding hydrogens is 653 g/mol. The molecule has 4 aliphatic carbocycles. The molecule has 10 heteroatoms. The Balaban J connectivity index is 1.05. The van der Waals surface area contributed by atoms with Crippen LogP contribution in [0.3, 0.4) is 0 Å². The van der Waals surface area contributed by atoms with Gasteiger partial charge in [0.05, 0.1) is 24.4 Å². The lowest BCUT2D eigenvalue weighted by Crippen LogP contribution is -2.71. The van der Waals surface area contributed by atoms with Crippen molar-refractivity contribution in [2.75, 3.05) is 5.32 Å². The van der Waals surface area contributed by atoms with E-state index in [2.05, 4.69) is 46.9 Å². The summed E-state index contributed by atoms with van der Waals surface area (Å²) in [5.74, 6) is 2.00. The van der Waals surface area contributed by atoms with Gasteiger partial charge in [0, 0.05) is 24.9 Å².